The van der Waals surface area contributed by atoms with Crippen molar-refractivity contribution in [3.8, 4) is 0 Å². The number of hydrogen-bond donors (Lipinski definition) is 0. The molecule has 1 aromatic rings. The molecule has 0 saturated heterocycles. The predicted octanol–water partition coefficient (Wildman–Crippen LogP) is 0.564. The molecule has 0 N–H and O–H groups in total. The van der Waals surface area contributed by atoms with E-state index in [9.17, 15) is 5.21 Å². The van der Waals surface area contributed by atoms with E-state index in [4.69, 9.17) is 0 Å². The van der Waals surface area contributed by atoms with E-state index in [1.165, 1.54) is 10.9 Å². The largest absolute Gasteiger partial charge is 0.775 e. The van der Waals surface area contributed by atoms with Gasteiger partial charge in [0.1, 0.15) is 0 Å². The maximum atomic E-state index is 9.56. The van der Waals surface area contributed by atoms with E-state index in [1.54, 1.807) is 0 Å². The molecular weight excluding hydrogens is 136 g/mol. The summed E-state index contributed by atoms with van der Waals surface area (Å²) in [6, 6.07) is 0. The van der Waals surface area contributed by atoms with Gasteiger partial charge in [-0.25, -0.2) is 5.28 Å². The first kappa shape index (κ1) is 6.66. The first-order valence-electron chi connectivity index (χ1n) is 2.76. The molecule has 10 heavy (non-hydrogen) atoms. The van der Waals surface area contributed by atoms with Gasteiger partial charge in [0, 0.05) is 0 Å². The molecule has 0 atom stereocenters. The molecule has 54 valence electrons. The average molecular weight is 142 g/mol. The molecule has 0 aliphatic rings. The van der Waals surface area contributed by atoms with Crippen molar-refractivity contribution in [3.63, 3.8) is 0 Å². The molecule has 1 rings (SSSR count). The van der Waals surface area contributed by atoms with Crippen molar-refractivity contribution in [2.45, 2.75) is 13.5 Å². The van der Waals surface area contributed by atoms with Crippen LogP contribution in [0.5, 0.6) is 0 Å². The van der Waals surface area contributed by atoms with Crippen LogP contribution in [-0.2, 0) is 6.54 Å². The third kappa shape index (κ3) is 1.28. The standard InChI is InChI=1S/C4H6N4O2/c1-2-8-3-4(5-6-9)10-7-8/h3H,2H2,1H3. The van der Waals surface area contributed by atoms with Gasteiger partial charge in [-0.3, -0.25) is 4.52 Å². The van der Waals surface area contributed by atoms with Gasteiger partial charge in [-0.05, 0) is 6.92 Å². The average Bonchev–Trinajstić information content (AvgIpc) is 2.37. The van der Waals surface area contributed by atoms with Crippen molar-refractivity contribution in [1.29, 1.82) is 0 Å². The van der Waals surface area contributed by atoms with Crippen LogP contribution in [-0.4, -0.2) is 5.27 Å². The summed E-state index contributed by atoms with van der Waals surface area (Å²) in [4.78, 5) is 0. The lowest BCUT2D eigenvalue weighted by Crippen LogP contribution is -2.32. The number of aryl methyl sites for hydroxylation is 1. The number of rotatable bonds is 2. The summed E-state index contributed by atoms with van der Waals surface area (Å²) in [6.45, 7) is 2.57. The molecule has 0 aliphatic heterocycles. The Morgan fingerprint density at radius 3 is 3.20 bits per heavy atom. The minimum atomic E-state index is 0.122. The maximum absolute atomic E-state index is 9.56. The summed E-state index contributed by atoms with van der Waals surface area (Å²) in [5, 5.41) is 18.4. The Bertz CT molecular complexity index is 231. The first-order valence-corrected chi connectivity index (χ1v) is 2.76. The maximum Gasteiger partial charge on any atom is 0.339 e. The zero-order chi connectivity index (χ0) is 7.40. The lowest BCUT2D eigenvalue weighted by molar-refractivity contribution is -0.759. The van der Waals surface area contributed by atoms with E-state index in [-0.39, 0.29) is 5.88 Å². The molecular formula is C4H6N4O2. The fourth-order valence-corrected chi connectivity index (χ4v) is 0.502. The zero-order valence-electron chi connectivity index (χ0n) is 5.39. The third-order valence-electron chi connectivity index (χ3n) is 0.962. The van der Waals surface area contributed by atoms with Crippen LogP contribution in [0, 0.1) is 5.21 Å². The van der Waals surface area contributed by atoms with Crippen LogP contribution in [0.1, 0.15) is 6.92 Å². The van der Waals surface area contributed by atoms with Gasteiger partial charge in [0.05, 0.1) is 0 Å². The third-order valence-corrected chi connectivity index (χ3v) is 0.962. The second kappa shape index (κ2) is 2.90. The number of nitrogens with zero attached hydrogens (tertiary/aromatic N) is 4. The van der Waals surface area contributed by atoms with Crippen LogP contribution in [0.2, 0.25) is 0 Å². The van der Waals surface area contributed by atoms with E-state index in [0.717, 1.165) is 0 Å². The molecule has 0 fully saturated rings. The van der Waals surface area contributed by atoms with Crippen LogP contribution >= 0.6 is 0 Å². The van der Waals surface area contributed by atoms with Crippen molar-refractivity contribution in [2.24, 2.45) is 10.4 Å². The fraction of sp³-hybridized carbons (Fsp3) is 0.500. The Kier molecular flexibility index (Phi) is 1.93. The van der Waals surface area contributed by atoms with Gasteiger partial charge in [-0.2, -0.15) is 0 Å². The molecule has 0 radical (unpaired) electrons. The highest BCUT2D eigenvalue weighted by atomic mass is 16.5. The normalized spacial score (nSPS) is 10.9. The summed E-state index contributed by atoms with van der Waals surface area (Å²) >= 11 is 0. The van der Waals surface area contributed by atoms with E-state index in [0.29, 0.717) is 6.54 Å². The van der Waals surface area contributed by atoms with Crippen molar-refractivity contribution >= 4 is 5.88 Å². The second-order valence-electron chi connectivity index (χ2n) is 1.58. The molecule has 0 spiro atoms. The quantitative estimate of drug-likeness (QED) is 0.344. The van der Waals surface area contributed by atoms with E-state index >= 15 is 0 Å². The molecule has 0 bridgehead atoms. The summed E-state index contributed by atoms with van der Waals surface area (Å²) in [5.41, 5.74) is 0. The van der Waals surface area contributed by atoms with Crippen molar-refractivity contribution in [3.05, 3.63) is 11.4 Å². The van der Waals surface area contributed by atoms with Crippen LogP contribution in [0.4, 0.5) is 5.88 Å². The minimum absolute atomic E-state index is 0.122. The van der Waals surface area contributed by atoms with E-state index in [1.807, 2.05) is 6.92 Å². The highest BCUT2D eigenvalue weighted by Crippen LogP contribution is 2.04. The molecule has 0 amide bonds. The van der Waals surface area contributed by atoms with Gasteiger partial charge in [-0.1, -0.05) is 4.68 Å². The predicted molar refractivity (Wildman–Crippen MR) is 30.3 cm³/mol. The fourth-order valence-electron chi connectivity index (χ4n) is 0.502. The molecule has 1 heterocycles. The van der Waals surface area contributed by atoms with Crippen LogP contribution in [0.25, 0.3) is 0 Å². The minimum Gasteiger partial charge on any atom is -0.775 e. The zero-order valence-corrected chi connectivity index (χ0v) is 5.39. The van der Waals surface area contributed by atoms with Crippen LogP contribution < -0.4 is 4.68 Å². The number of hydrogen-bond acceptors (Lipinski definition) is 5. The molecule has 6 nitrogen and oxygen atoms in total. The van der Waals surface area contributed by atoms with Crippen LogP contribution in [0.15, 0.2) is 21.1 Å². The Hall–Kier alpha value is -1.46. The van der Waals surface area contributed by atoms with E-state index in [2.05, 4.69) is 20.2 Å². The topological polar surface area (TPSA) is 77.7 Å². The van der Waals surface area contributed by atoms with Gasteiger partial charge in [-0.15, -0.1) is 5.11 Å². The molecule has 1 aromatic heterocycles. The molecule has 0 aliphatic carbocycles. The van der Waals surface area contributed by atoms with Gasteiger partial charge in [0.25, 0.3) is 6.20 Å². The summed E-state index contributed by atoms with van der Waals surface area (Å²) in [6.07, 6.45) is 1.49. The van der Waals surface area contributed by atoms with Gasteiger partial charge < -0.3 is 5.21 Å². The monoisotopic (exact) mass is 142 g/mol. The van der Waals surface area contributed by atoms with Gasteiger partial charge in [0.2, 0.25) is 5.27 Å². The Labute approximate surface area is 56.7 Å². The van der Waals surface area contributed by atoms with Crippen LogP contribution in [0.3, 0.4) is 0 Å². The lowest BCUT2D eigenvalue weighted by atomic mass is 10.7. The molecule has 0 saturated carbocycles. The van der Waals surface area contributed by atoms with Gasteiger partial charge >= 0.3 is 5.88 Å². The highest BCUT2D eigenvalue weighted by molar-refractivity contribution is 5.09. The Morgan fingerprint density at radius 1 is 1.90 bits per heavy atom. The summed E-state index contributed by atoms with van der Waals surface area (Å²) < 4.78 is 6.05. The van der Waals surface area contributed by atoms with E-state index < -0.39 is 0 Å². The first-order chi connectivity index (χ1) is 4.86. The summed E-state index contributed by atoms with van der Waals surface area (Å²) in [7, 11) is 0. The second-order valence-corrected chi connectivity index (χ2v) is 1.58. The van der Waals surface area contributed by atoms with Crippen molar-refractivity contribution in [2.75, 3.05) is 0 Å². The molecule has 0 unspecified atom stereocenters. The molecule has 0 aromatic carbocycles. The Balaban J connectivity index is 2.78. The SMILES string of the molecule is CC[n+]1cc(/N=N/[O-])on1. The van der Waals surface area contributed by atoms with Crippen molar-refractivity contribution < 1.29 is 9.20 Å². The Morgan fingerprint density at radius 2 is 2.70 bits per heavy atom. The number of aromatic nitrogens is 2. The van der Waals surface area contributed by atoms with Gasteiger partial charge in [0.15, 0.2) is 6.54 Å². The molecule has 6 heteroatoms. The van der Waals surface area contributed by atoms with Crippen molar-refractivity contribution in [1.82, 2.24) is 5.27 Å². The summed E-state index contributed by atoms with van der Waals surface area (Å²) in [5.74, 6) is 0.122. The highest BCUT2D eigenvalue weighted by Gasteiger charge is 2.05. The lowest BCUT2D eigenvalue weighted by Gasteiger charge is -1.79. The smallest absolute Gasteiger partial charge is 0.339 e.